The standard InChI is InChI=1S/C74H128O6/c1-4-7-10-13-16-19-21-23-25-27-29-31-33-35-37-39-41-43-45-47-49-51-53-55-58-61-64-67-73(76)79-70-71(69-78-72(75)66-63-60-57-18-15-12-9-6-3)80-74(77)68-65-62-59-56-54-52-50-48-46-44-42-40-38-36-34-32-30-28-26-24-22-20-17-14-11-8-5-2/h7,10,16,19,23,25,29,31,35,37,41,43,47,49,53,55,71H,4-6,8-9,11-15,17-18,20-22,24,26-28,30,32-34,36,38-40,42,44-46,48,50-52,54,56-70H2,1-3H3/b10-7-,19-16-,25-23-,31-29-,37-35-,43-41-,49-47-,55-53-. The fourth-order valence-electron chi connectivity index (χ4n) is 9.76. The number of unbranched alkanes of at least 4 members (excludes halogenated alkanes) is 35. The van der Waals surface area contributed by atoms with E-state index in [1.807, 2.05) is 0 Å². The van der Waals surface area contributed by atoms with Gasteiger partial charge in [0, 0.05) is 19.3 Å². The highest BCUT2D eigenvalue weighted by Crippen LogP contribution is 2.18. The van der Waals surface area contributed by atoms with Crippen molar-refractivity contribution in [2.24, 2.45) is 0 Å². The monoisotopic (exact) mass is 1110 g/mol. The predicted molar refractivity (Wildman–Crippen MR) is 348 cm³/mol. The number of allylic oxidation sites excluding steroid dienone is 16. The molecule has 0 fully saturated rings. The van der Waals surface area contributed by atoms with Crippen molar-refractivity contribution in [2.45, 2.75) is 341 Å². The topological polar surface area (TPSA) is 78.9 Å². The number of rotatable bonds is 62. The first kappa shape index (κ1) is 76.3. The summed E-state index contributed by atoms with van der Waals surface area (Å²) in [6, 6.07) is 0. The molecular weight excluding hydrogens is 985 g/mol. The van der Waals surface area contributed by atoms with Gasteiger partial charge in [-0.25, -0.2) is 0 Å². The molecule has 6 heteroatoms. The van der Waals surface area contributed by atoms with Crippen LogP contribution in [0.25, 0.3) is 0 Å². The van der Waals surface area contributed by atoms with Crippen LogP contribution >= 0.6 is 0 Å². The third-order valence-electron chi connectivity index (χ3n) is 14.9. The molecule has 0 aromatic rings. The van der Waals surface area contributed by atoms with Crippen LogP contribution in [0.1, 0.15) is 335 Å². The molecule has 0 aliphatic carbocycles. The number of hydrogen-bond acceptors (Lipinski definition) is 6. The van der Waals surface area contributed by atoms with Crippen molar-refractivity contribution in [3.8, 4) is 0 Å². The van der Waals surface area contributed by atoms with Crippen molar-refractivity contribution in [3.63, 3.8) is 0 Å². The largest absolute Gasteiger partial charge is 0.462 e. The Morgan fingerprint density at radius 1 is 0.263 bits per heavy atom. The lowest BCUT2D eigenvalue weighted by Gasteiger charge is -2.18. The van der Waals surface area contributed by atoms with Gasteiger partial charge in [-0.3, -0.25) is 14.4 Å². The molecule has 0 aromatic heterocycles. The molecular formula is C74H128O6. The lowest BCUT2D eigenvalue weighted by atomic mass is 10.0. The van der Waals surface area contributed by atoms with Crippen LogP contribution < -0.4 is 0 Å². The zero-order valence-electron chi connectivity index (χ0n) is 52.8. The molecule has 6 nitrogen and oxygen atoms in total. The average Bonchev–Trinajstić information content (AvgIpc) is 3.46. The van der Waals surface area contributed by atoms with E-state index in [1.54, 1.807) is 0 Å². The van der Waals surface area contributed by atoms with Gasteiger partial charge in [0.05, 0.1) is 0 Å². The van der Waals surface area contributed by atoms with Crippen molar-refractivity contribution >= 4 is 17.9 Å². The van der Waals surface area contributed by atoms with E-state index >= 15 is 0 Å². The number of ether oxygens (including phenoxy) is 3. The molecule has 460 valence electrons. The Balaban J connectivity index is 4.21. The molecule has 0 spiro atoms. The molecule has 1 atom stereocenters. The maximum absolute atomic E-state index is 12.9. The highest BCUT2D eigenvalue weighted by molar-refractivity contribution is 5.71. The Bertz CT molecular complexity index is 1560. The molecule has 0 rings (SSSR count). The van der Waals surface area contributed by atoms with Gasteiger partial charge in [0.1, 0.15) is 13.2 Å². The van der Waals surface area contributed by atoms with E-state index in [-0.39, 0.29) is 31.1 Å². The average molecular weight is 1110 g/mol. The first-order valence-corrected chi connectivity index (χ1v) is 34.2. The van der Waals surface area contributed by atoms with E-state index < -0.39 is 6.10 Å². The Labute approximate surface area is 496 Å². The van der Waals surface area contributed by atoms with Crippen LogP contribution in [0.5, 0.6) is 0 Å². The van der Waals surface area contributed by atoms with Crippen molar-refractivity contribution in [2.75, 3.05) is 13.2 Å². The normalized spacial score (nSPS) is 12.7. The number of carbonyl (C=O) groups excluding carboxylic acids is 3. The van der Waals surface area contributed by atoms with Crippen LogP contribution in [-0.2, 0) is 28.6 Å². The fourth-order valence-corrected chi connectivity index (χ4v) is 9.76. The number of carbonyl (C=O) groups is 3. The summed E-state index contributed by atoms with van der Waals surface area (Å²) < 4.78 is 16.9. The predicted octanol–water partition coefficient (Wildman–Crippen LogP) is 23.6. The molecule has 0 radical (unpaired) electrons. The first-order chi connectivity index (χ1) is 39.5. The van der Waals surface area contributed by atoms with Gasteiger partial charge >= 0.3 is 17.9 Å². The third kappa shape index (κ3) is 65.1. The summed E-state index contributed by atoms with van der Waals surface area (Å²) in [7, 11) is 0. The van der Waals surface area contributed by atoms with Crippen LogP contribution in [0.2, 0.25) is 0 Å². The van der Waals surface area contributed by atoms with E-state index in [4.69, 9.17) is 14.2 Å². The second-order valence-corrected chi connectivity index (χ2v) is 22.7. The van der Waals surface area contributed by atoms with Gasteiger partial charge in [0.15, 0.2) is 6.10 Å². The van der Waals surface area contributed by atoms with Crippen molar-refractivity contribution in [1.29, 1.82) is 0 Å². The summed E-state index contributed by atoms with van der Waals surface area (Å²) in [4.78, 5) is 38.2. The quantitative estimate of drug-likeness (QED) is 0.0261. The summed E-state index contributed by atoms with van der Waals surface area (Å²) in [6.45, 7) is 6.50. The van der Waals surface area contributed by atoms with Gasteiger partial charge in [-0.2, -0.15) is 0 Å². The van der Waals surface area contributed by atoms with E-state index in [0.29, 0.717) is 19.3 Å². The zero-order chi connectivity index (χ0) is 57.8. The van der Waals surface area contributed by atoms with Crippen molar-refractivity contribution in [1.82, 2.24) is 0 Å². The van der Waals surface area contributed by atoms with Crippen LogP contribution in [0.4, 0.5) is 0 Å². The second kappa shape index (κ2) is 67.8. The molecule has 0 aliphatic heterocycles. The van der Waals surface area contributed by atoms with Gasteiger partial charge in [0.25, 0.3) is 0 Å². The summed E-state index contributed by atoms with van der Waals surface area (Å²) >= 11 is 0. The molecule has 0 heterocycles. The van der Waals surface area contributed by atoms with Gasteiger partial charge in [0.2, 0.25) is 0 Å². The molecule has 80 heavy (non-hydrogen) atoms. The molecule has 0 aromatic carbocycles. The molecule has 0 saturated carbocycles. The zero-order valence-corrected chi connectivity index (χ0v) is 52.8. The molecule has 0 saturated heterocycles. The second-order valence-electron chi connectivity index (χ2n) is 22.7. The minimum atomic E-state index is -0.793. The van der Waals surface area contributed by atoms with Gasteiger partial charge in [-0.05, 0) is 83.5 Å². The van der Waals surface area contributed by atoms with Crippen LogP contribution in [-0.4, -0.2) is 37.2 Å². The Kier molecular flexibility index (Phi) is 64.7. The van der Waals surface area contributed by atoms with Gasteiger partial charge in [-0.15, -0.1) is 0 Å². The lowest BCUT2D eigenvalue weighted by molar-refractivity contribution is -0.167. The maximum Gasteiger partial charge on any atom is 0.306 e. The molecule has 0 aliphatic rings. The van der Waals surface area contributed by atoms with Crippen LogP contribution in [0.15, 0.2) is 97.2 Å². The summed E-state index contributed by atoms with van der Waals surface area (Å²) in [5.74, 6) is -0.925. The lowest BCUT2D eigenvalue weighted by Crippen LogP contribution is -2.30. The molecule has 0 amide bonds. The third-order valence-corrected chi connectivity index (χ3v) is 14.9. The first-order valence-electron chi connectivity index (χ1n) is 34.2. The Morgan fingerprint density at radius 2 is 0.487 bits per heavy atom. The van der Waals surface area contributed by atoms with Gasteiger partial charge < -0.3 is 14.2 Å². The smallest absolute Gasteiger partial charge is 0.306 e. The molecule has 0 N–H and O–H groups in total. The van der Waals surface area contributed by atoms with E-state index in [1.165, 1.54) is 186 Å². The van der Waals surface area contributed by atoms with Crippen molar-refractivity contribution in [3.05, 3.63) is 97.2 Å². The Morgan fingerprint density at radius 3 is 0.762 bits per heavy atom. The molecule has 0 bridgehead atoms. The van der Waals surface area contributed by atoms with E-state index in [0.717, 1.165) is 109 Å². The van der Waals surface area contributed by atoms with E-state index in [9.17, 15) is 14.4 Å². The fraction of sp³-hybridized carbons (Fsp3) is 0.743. The minimum Gasteiger partial charge on any atom is -0.462 e. The SMILES string of the molecule is CC/C=C\C/C=C\C/C=C\C/C=C\C/C=C\C/C=C\C/C=C\C/C=C\CCCCC(=O)OCC(COC(=O)CCCCCCCCCC)OC(=O)CCCCCCCCCCCCCCCCCCCCCCCCCCCCC. The maximum atomic E-state index is 12.9. The minimum absolute atomic E-state index is 0.0883. The highest BCUT2D eigenvalue weighted by atomic mass is 16.6. The Hall–Kier alpha value is -3.67. The summed E-state index contributed by atoms with van der Waals surface area (Å²) in [6.07, 6.45) is 91.7. The van der Waals surface area contributed by atoms with E-state index in [2.05, 4.69) is 118 Å². The summed E-state index contributed by atoms with van der Waals surface area (Å²) in [5, 5.41) is 0. The highest BCUT2D eigenvalue weighted by Gasteiger charge is 2.19. The number of hydrogen-bond donors (Lipinski definition) is 0. The number of esters is 3. The van der Waals surface area contributed by atoms with Crippen LogP contribution in [0.3, 0.4) is 0 Å². The summed E-state index contributed by atoms with van der Waals surface area (Å²) in [5.41, 5.74) is 0. The van der Waals surface area contributed by atoms with Crippen molar-refractivity contribution < 1.29 is 28.6 Å². The van der Waals surface area contributed by atoms with Gasteiger partial charge in [-0.1, -0.05) is 330 Å². The van der Waals surface area contributed by atoms with Crippen LogP contribution in [0, 0.1) is 0 Å². The molecule has 1 unspecified atom stereocenters.